The minimum absolute atomic E-state index is 0.0341. The third-order valence-electron chi connectivity index (χ3n) is 8.90. The lowest BCUT2D eigenvalue weighted by Crippen LogP contribution is -2.54. The standard InChI is InChI=1S/C20H34O2/c1-19-10-8-14(22-3)12-13(19)4-5-15-16-6-7-18(21)20(16,2)11-9-17(15)19/h13-18,21H,4-12H2,1-3H3/t13-,14?,15?,16?,17?,18-,19?,20?/m0/s1. The van der Waals surface area contributed by atoms with Gasteiger partial charge in [0.1, 0.15) is 0 Å². The van der Waals surface area contributed by atoms with E-state index >= 15 is 0 Å². The molecule has 0 radical (unpaired) electrons. The van der Waals surface area contributed by atoms with Gasteiger partial charge in [-0.15, -0.1) is 0 Å². The summed E-state index contributed by atoms with van der Waals surface area (Å²) in [5, 5.41) is 10.5. The summed E-state index contributed by atoms with van der Waals surface area (Å²) in [6, 6.07) is 0. The minimum Gasteiger partial charge on any atom is -0.393 e. The Balaban J connectivity index is 1.59. The van der Waals surface area contributed by atoms with E-state index in [2.05, 4.69) is 13.8 Å². The predicted octanol–water partition coefficient (Wildman–Crippen LogP) is 4.41. The monoisotopic (exact) mass is 306 g/mol. The van der Waals surface area contributed by atoms with Crippen LogP contribution < -0.4 is 0 Å². The number of aliphatic hydroxyl groups excluding tert-OH is 1. The maximum absolute atomic E-state index is 10.5. The van der Waals surface area contributed by atoms with Gasteiger partial charge < -0.3 is 9.84 Å². The van der Waals surface area contributed by atoms with E-state index in [-0.39, 0.29) is 11.5 Å². The van der Waals surface area contributed by atoms with Gasteiger partial charge in [-0.3, -0.25) is 0 Å². The average Bonchev–Trinajstić information content (AvgIpc) is 2.82. The van der Waals surface area contributed by atoms with Crippen molar-refractivity contribution in [2.45, 2.75) is 83.8 Å². The topological polar surface area (TPSA) is 29.5 Å². The highest BCUT2D eigenvalue weighted by Gasteiger charge is 2.59. The molecule has 0 aromatic rings. The molecule has 4 aliphatic carbocycles. The molecule has 4 fully saturated rings. The number of hydrogen-bond donors (Lipinski definition) is 1. The number of rotatable bonds is 1. The van der Waals surface area contributed by atoms with Crippen LogP contribution in [0.3, 0.4) is 0 Å². The Labute approximate surface area is 136 Å². The number of ether oxygens (including phenoxy) is 1. The van der Waals surface area contributed by atoms with Crippen LogP contribution in [-0.4, -0.2) is 24.4 Å². The summed E-state index contributed by atoms with van der Waals surface area (Å²) in [6.45, 7) is 5.00. The van der Waals surface area contributed by atoms with Crippen molar-refractivity contribution >= 4 is 0 Å². The van der Waals surface area contributed by atoms with E-state index in [1.807, 2.05) is 7.11 Å². The van der Waals surface area contributed by atoms with Crippen LogP contribution in [0.4, 0.5) is 0 Å². The van der Waals surface area contributed by atoms with E-state index in [1.165, 1.54) is 51.4 Å². The van der Waals surface area contributed by atoms with E-state index in [0.29, 0.717) is 11.5 Å². The summed E-state index contributed by atoms with van der Waals surface area (Å²) in [4.78, 5) is 0. The van der Waals surface area contributed by atoms with Crippen LogP contribution in [-0.2, 0) is 4.74 Å². The molecule has 2 heteroatoms. The molecule has 126 valence electrons. The third-order valence-corrected chi connectivity index (χ3v) is 8.90. The smallest absolute Gasteiger partial charge is 0.0596 e. The molecule has 8 atom stereocenters. The average molecular weight is 306 g/mol. The van der Waals surface area contributed by atoms with Gasteiger partial charge in [0.2, 0.25) is 0 Å². The Kier molecular flexibility index (Phi) is 3.66. The summed E-state index contributed by atoms with van der Waals surface area (Å²) in [6.07, 6.45) is 12.2. The molecule has 22 heavy (non-hydrogen) atoms. The predicted molar refractivity (Wildman–Crippen MR) is 88.5 cm³/mol. The normalized spacial score (nSPS) is 57.8. The van der Waals surface area contributed by atoms with E-state index in [1.54, 1.807) is 0 Å². The van der Waals surface area contributed by atoms with Crippen molar-refractivity contribution in [1.29, 1.82) is 0 Å². The molecule has 0 amide bonds. The van der Waals surface area contributed by atoms with Gasteiger partial charge in [0.15, 0.2) is 0 Å². The van der Waals surface area contributed by atoms with Crippen molar-refractivity contribution in [1.82, 2.24) is 0 Å². The van der Waals surface area contributed by atoms with Crippen LogP contribution in [0.2, 0.25) is 0 Å². The van der Waals surface area contributed by atoms with Gasteiger partial charge in [0.25, 0.3) is 0 Å². The van der Waals surface area contributed by atoms with Crippen LogP contribution in [0, 0.1) is 34.5 Å². The van der Waals surface area contributed by atoms with E-state index in [0.717, 1.165) is 30.1 Å². The summed E-state index contributed by atoms with van der Waals surface area (Å²) >= 11 is 0. The van der Waals surface area contributed by atoms with E-state index in [9.17, 15) is 5.11 Å². The first kappa shape index (κ1) is 15.4. The third kappa shape index (κ3) is 1.99. The van der Waals surface area contributed by atoms with Crippen molar-refractivity contribution in [3.05, 3.63) is 0 Å². The van der Waals surface area contributed by atoms with Crippen molar-refractivity contribution in [3.8, 4) is 0 Å². The van der Waals surface area contributed by atoms with Crippen LogP contribution in [0.5, 0.6) is 0 Å². The molecule has 4 rings (SSSR count). The van der Waals surface area contributed by atoms with Gasteiger partial charge in [-0.05, 0) is 92.3 Å². The highest BCUT2D eigenvalue weighted by atomic mass is 16.5. The molecular formula is C20H34O2. The van der Waals surface area contributed by atoms with Gasteiger partial charge in [0.05, 0.1) is 12.2 Å². The van der Waals surface area contributed by atoms with Crippen LogP contribution in [0.25, 0.3) is 0 Å². The van der Waals surface area contributed by atoms with Gasteiger partial charge in [-0.1, -0.05) is 13.8 Å². The SMILES string of the molecule is COC1CCC2(C)C3CCC4(C)C(CC[C@@H]4O)C3CC[C@H]2C1. The Morgan fingerprint density at radius 2 is 1.59 bits per heavy atom. The maximum Gasteiger partial charge on any atom is 0.0596 e. The Bertz CT molecular complexity index is 435. The fourth-order valence-corrected chi connectivity index (χ4v) is 7.41. The lowest BCUT2D eigenvalue weighted by atomic mass is 9.45. The molecular weight excluding hydrogens is 272 g/mol. The molecule has 0 aromatic heterocycles. The molecule has 6 unspecified atom stereocenters. The summed E-state index contributed by atoms with van der Waals surface area (Å²) in [5.41, 5.74) is 0.779. The second-order valence-electron chi connectivity index (χ2n) is 9.43. The molecule has 4 aliphatic rings. The van der Waals surface area contributed by atoms with Crippen LogP contribution >= 0.6 is 0 Å². The van der Waals surface area contributed by atoms with Crippen molar-refractivity contribution in [2.75, 3.05) is 7.11 Å². The zero-order chi connectivity index (χ0) is 15.5. The number of fused-ring (bicyclic) bond motifs is 5. The Morgan fingerprint density at radius 3 is 2.36 bits per heavy atom. The van der Waals surface area contributed by atoms with Gasteiger partial charge in [-0.2, -0.15) is 0 Å². The lowest BCUT2D eigenvalue weighted by molar-refractivity contribution is -0.137. The molecule has 0 saturated heterocycles. The zero-order valence-electron chi connectivity index (χ0n) is 14.7. The van der Waals surface area contributed by atoms with Crippen molar-refractivity contribution in [2.24, 2.45) is 34.5 Å². The number of hydrogen-bond acceptors (Lipinski definition) is 2. The Morgan fingerprint density at radius 1 is 0.864 bits per heavy atom. The fraction of sp³-hybridized carbons (Fsp3) is 1.00. The fourth-order valence-electron chi connectivity index (χ4n) is 7.41. The second kappa shape index (κ2) is 5.21. The van der Waals surface area contributed by atoms with Crippen LogP contribution in [0.1, 0.15) is 71.6 Å². The van der Waals surface area contributed by atoms with Gasteiger partial charge in [0, 0.05) is 7.11 Å². The molecule has 0 heterocycles. The highest BCUT2D eigenvalue weighted by Crippen LogP contribution is 2.66. The molecule has 2 nitrogen and oxygen atoms in total. The molecule has 0 spiro atoms. The summed E-state index contributed by atoms with van der Waals surface area (Å²) < 4.78 is 5.69. The van der Waals surface area contributed by atoms with Gasteiger partial charge >= 0.3 is 0 Å². The molecule has 0 aliphatic heterocycles. The molecule has 1 N–H and O–H groups in total. The van der Waals surface area contributed by atoms with E-state index in [4.69, 9.17) is 4.74 Å². The maximum atomic E-state index is 10.5. The molecule has 0 bridgehead atoms. The Hall–Kier alpha value is -0.0800. The molecule has 0 aromatic carbocycles. The summed E-state index contributed by atoms with van der Waals surface area (Å²) in [5.74, 6) is 3.46. The van der Waals surface area contributed by atoms with Crippen LogP contribution in [0.15, 0.2) is 0 Å². The van der Waals surface area contributed by atoms with Crippen molar-refractivity contribution in [3.63, 3.8) is 0 Å². The minimum atomic E-state index is -0.0341. The van der Waals surface area contributed by atoms with Crippen molar-refractivity contribution < 1.29 is 9.84 Å². The lowest BCUT2D eigenvalue weighted by Gasteiger charge is -2.60. The number of methoxy groups -OCH3 is 1. The van der Waals surface area contributed by atoms with Gasteiger partial charge in [-0.25, -0.2) is 0 Å². The first-order valence-electron chi connectivity index (χ1n) is 9.70. The highest BCUT2D eigenvalue weighted by molar-refractivity contribution is 5.09. The van der Waals surface area contributed by atoms with E-state index < -0.39 is 0 Å². The first-order chi connectivity index (χ1) is 10.5. The first-order valence-corrected chi connectivity index (χ1v) is 9.70. The quantitative estimate of drug-likeness (QED) is 0.778. The zero-order valence-corrected chi connectivity index (χ0v) is 14.7. The molecule has 4 saturated carbocycles. The second-order valence-corrected chi connectivity index (χ2v) is 9.43. The largest absolute Gasteiger partial charge is 0.393 e. The number of aliphatic hydroxyl groups is 1. The summed E-state index contributed by atoms with van der Waals surface area (Å²) in [7, 11) is 1.89.